The molecule has 0 aliphatic heterocycles. The molecule has 0 aliphatic rings. The zero-order chi connectivity index (χ0) is 14.7. The highest BCUT2D eigenvalue weighted by atomic mass is 79.9. The lowest BCUT2D eigenvalue weighted by atomic mass is 10.1. The van der Waals surface area contributed by atoms with E-state index in [9.17, 15) is 4.79 Å². The number of halogens is 1. The summed E-state index contributed by atoms with van der Waals surface area (Å²) in [6.45, 7) is 1.99. The second-order valence-corrected chi connectivity index (χ2v) is 5.29. The SMILES string of the molecule is COC(=O)c1ccc(N)c(Nc2ccc(Br)cc2C)c1. The highest BCUT2D eigenvalue weighted by Gasteiger charge is 2.09. The summed E-state index contributed by atoms with van der Waals surface area (Å²) in [7, 11) is 1.35. The Morgan fingerprint density at radius 3 is 2.60 bits per heavy atom. The van der Waals surface area contributed by atoms with Gasteiger partial charge in [-0.25, -0.2) is 4.79 Å². The Balaban J connectivity index is 2.35. The van der Waals surface area contributed by atoms with Gasteiger partial charge in [0.05, 0.1) is 24.0 Å². The van der Waals surface area contributed by atoms with Crippen molar-refractivity contribution in [2.75, 3.05) is 18.2 Å². The topological polar surface area (TPSA) is 64.3 Å². The number of esters is 1. The lowest BCUT2D eigenvalue weighted by Gasteiger charge is -2.13. The van der Waals surface area contributed by atoms with Crippen LogP contribution in [0.2, 0.25) is 0 Å². The minimum Gasteiger partial charge on any atom is -0.465 e. The quantitative estimate of drug-likeness (QED) is 0.660. The van der Waals surface area contributed by atoms with Crippen LogP contribution in [0, 0.1) is 6.92 Å². The van der Waals surface area contributed by atoms with Crippen molar-refractivity contribution in [1.82, 2.24) is 0 Å². The van der Waals surface area contributed by atoms with Crippen molar-refractivity contribution in [3.8, 4) is 0 Å². The number of nitrogens with two attached hydrogens (primary N) is 1. The number of ether oxygens (including phenoxy) is 1. The summed E-state index contributed by atoms with van der Waals surface area (Å²) in [4.78, 5) is 11.5. The molecule has 4 nitrogen and oxygen atoms in total. The van der Waals surface area contributed by atoms with Gasteiger partial charge in [-0.1, -0.05) is 15.9 Å². The summed E-state index contributed by atoms with van der Waals surface area (Å²) >= 11 is 3.42. The van der Waals surface area contributed by atoms with Gasteiger partial charge in [0.25, 0.3) is 0 Å². The Morgan fingerprint density at radius 1 is 1.20 bits per heavy atom. The van der Waals surface area contributed by atoms with Crippen LogP contribution in [0.15, 0.2) is 40.9 Å². The van der Waals surface area contributed by atoms with Crippen LogP contribution in [0.4, 0.5) is 17.1 Å². The first-order valence-electron chi connectivity index (χ1n) is 6.02. The van der Waals surface area contributed by atoms with E-state index in [4.69, 9.17) is 10.5 Å². The van der Waals surface area contributed by atoms with Crippen LogP contribution in [0.3, 0.4) is 0 Å². The van der Waals surface area contributed by atoms with E-state index in [0.717, 1.165) is 15.7 Å². The predicted molar refractivity (Wildman–Crippen MR) is 84.4 cm³/mol. The first kappa shape index (κ1) is 14.4. The van der Waals surface area contributed by atoms with Gasteiger partial charge in [-0.15, -0.1) is 0 Å². The number of anilines is 3. The molecule has 0 radical (unpaired) electrons. The van der Waals surface area contributed by atoms with Crippen LogP contribution in [0.25, 0.3) is 0 Å². The largest absolute Gasteiger partial charge is 0.465 e. The van der Waals surface area contributed by atoms with Gasteiger partial charge < -0.3 is 15.8 Å². The number of methoxy groups -OCH3 is 1. The number of hydrogen-bond acceptors (Lipinski definition) is 4. The van der Waals surface area contributed by atoms with Gasteiger partial charge in [0.15, 0.2) is 0 Å². The lowest BCUT2D eigenvalue weighted by molar-refractivity contribution is 0.0601. The average molecular weight is 335 g/mol. The van der Waals surface area contributed by atoms with Crippen molar-refractivity contribution in [2.45, 2.75) is 6.92 Å². The van der Waals surface area contributed by atoms with E-state index in [2.05, 4.69) is 21.2 Å². The molecule has 0 heterocycles. The van der Waals surface area contributed by atoms with Crippen LogP contribution in [-0.2, 0) is 4.74 Å². The number of hydrogen-bond donors (Lipinski definition) is 2. The Bertz CT molecular complexity index is 656. The fourth-order valence-corrected chi connectivity index (χ4v) is 2.30. The van der Waals surface area contributed by atoms with Gasteiger partial charge in [0.1, 0.15) is 0 Å². The molecule has 0 saturated carbocycles. The van der Waals surface area contributed by atoms with Crippen molar-refractivity contribution in [3.05, 3.63) is 52.0 Å². The molecule has 0 spiro atoms. The average Bonchev–Trinajstić information content (AvgIpc) is 2.43. The van der Waals surface area contributed by atoms with Crippen molar-refractivity contribution in [3.63, 3.8) is 0 Å². The number of aryl methyl sites for hydroxylation is 1. The number of nitrogen functional groups attached to an aromatic ring is 1. The summed E-state index contributed by atoms with van der Waals surface area (Å²) in [5.74, 6) is -0.388. The Hall–Kier alpha value is -2.01. The summed E-state index contributed by atoms with van der Waals surface area (Å²) in [6, 6.07) is 10.9. The van der Waals surface area contributed by atoms with E-state index < -0.39 is 0 Å². The Labute approximate surface area is 126 Å². The van der Waals surface area contributed by atoms with Gasteiger partial charge >= 0.3 is 5.97 Å². The molecule has 0 unspecified atom stereocenters. The maximum atomic E-state index is 11.5. The van der Waals surface area contributed by atoms with Crippen LogP contribution in [0.5, 0.6) is 0 Å². The maximum absolute atomic E-state index is 11.5. The molecule has 104 valence electrons. The molecule has 0 fully saturated rings. The number of carbonyl (C=O) groups excluding carboxylic acids is 1. The normalized spacial score (nSPS) is 10.2. The molecule has 2 aromatic rings. The third kappa shape index (κ3) is 3.11. The molecular weight excluding hydrogens is 320 g/mol. The molecule has 0 saturated heterocycles. The molecule has 0 aliphatic carbocycles. The van der Waals surface area contributed by atoms with Crippen LogP contribution in [-0.4, -0.2) is 13.1 Å². The van der Waals surface area contributed by atoms with E-state index >= 15 is 0 Å². The molecular formula is C15H15BrN2O2. The standard InChI is InChI=1S/C15H15BrN2O2/c1-9-7-11(16)4-6-13(9)18-14-8-10(15(19)20-2)3-5-12(14)17/h3-8,18H,17H2,1-2H3. The second kappa shape index (κ2) is 5.96. The monoisotopic (exact) mass is 334 g/mol. The van der Waals surface area contributed by atoms with Gasteiger partial charge in [-0.2, -0.15) is 0 Å². The van der Waals surface area contributed by atoms with Gasteiger partial charge in [-0.3, -0.25) is 0 Å². The molecule has 0 aromatic heterocycles. The molecule has 20 heavy (non-hydrogen) atoms. The van der Waals surface area contributed by atoms with Gasteiger partial charge in [0.2, 0.25) is 0 Å². The Kier molecular flexibility index (Phi) is 4.29. The Morgan fingerprint density at radius 2 is 1.95 bits per heavy atom. The van der Waals surface area contributed by atoms with Gasteiger partial charge in [-0.05, 0) is 48.9 Å². The van der Waals surface area contributed by atoms with E-state index in [-0.39, 0.29) is 5.97 Å². The van der Waals surface area contributed by atoms with E-state index in [0.29, 0.717) is 16.9 Å². The predicted octanol–water partition coefficient (Wildman–Crippen LogP) is 3.87. The van der Waals surface area contributed by atoms with E-state index in [1.54, 1.807) is 18.2 Å². The third-order valence-corrected chi connectivity index (χ3v) is 3.43. The van der Waals surface area contributed by atoms with Crippen LogP contribution < -0.4 is 11.1 Å². The van der Waals surface area contributed by atoms with Crippen LogP contribution >= 0.6 is 15.9 Å². The molecule has 2 rings (SSSR count). The minimum absolute atomic E-state index is 0.388. The highest BCUT2D eigenvalue weighted by Crippen LogP contribution is 2.28. The van der Waals surface area contributed by atoms with Crippen molar-refractivity contribution < 1.29 is 9.53 Å². The molecule has 5 heteroatoms. The first-order chi connectivity index (χ1) is 9.51. The molecule has 0 amide bonds. The van der Waals surface area contributed by atoms with E-state index in [1.165, 1.54) is 7.11 Å². The third-order valence-electron chi connectivity index (χ3n) is 2.93. The second-order valence-electron chi connectivity index (χ2n) is 4.38. The first-order valence-corrected chi connectivity index (χ1v) is 6.81. The number of nitrogens with one attached hydrogen (secondary N) is 1. The fourth-order valence-electron chi connectivity index (χ4n) is 1.82. The van der Waals surface area contributed by atoms with Crippen molar-refractivity contribution in [2.24, 2.45) is 0 Å². The summed E-state index contributed by atoms with van der Waals surface area (Å²) < 4.78 is 5.72. The molecule has 3 N–H and O–H groups in total. The molecule has 0 atom stereocenters. The summed E-state index contributed by atoms with van der Waals surface area (Å²) in [5, 5.41) is 3.23. The number of benzene rings is 2. The zero-order valence-electron chi connectivity index (χ0n) is 11.2. The smallest absolute Gasteiger partial charge is 0.337 e. The number of rotatable bonds is 3. The summed E-state index contributed by atoms with van der Waals surface area (Å²) in [6.07, 6.45) is 0. The van der Waals surface area contributed by atoms with Crippen molar-refractivity contribution >= 4 is 39.0 Å². The number of carbonyl (C=O) groups is 1. The molecule has 2 aromatic carbocycles. The lowest BCUT2D eigenvalue weighted by Crippen LogP contribution is -2.04. The maximum Gasteiger partial charge on any atom is 0.337 e. The summed E-state index contributed by atoms with van der Waals surface area (Å²) in [5.41, 5.74) is 9.64. The van der Waals surface area contributed by atoms with Crippen LogP contribution in [0.1, 0.15) is 15.9 Å². The molecule has 0 bridgehead atoms. The minimum atomic E-state index is -0.388. The van der Waals surface area contributed by atoms with E-state index in [1.807, 2.05) is 25.1 Å². The highest BCUT2D eigenvalue weighted by molar-refractivity contribution is 9.10. The van der Waals surface area contributed by atoms with Crippen molar-refractivity contribution in [1.29, 1.82) is 0 Å². The zero-order valence-corrected chi connectivity index (χ0v) is 12.8. The van der Waals surface area contributed by atoms with Gasteiger partial charge in [0, 0.05) is 10.2 Å². The fraction of sp³-hybridized carbons (Fsp3) is 0.133.